The van der Waals surface area contributed by atoms with Gasteiger partial charge in [-0.2, -0.15) is 0 Å². The van der Waals surface area contributed by atoms with Gasteiger partial charge in [-0.15, -0.1) is 0 Å². The zero-order chi connectivity index (χ0) is 7.23. The second kappa shape index (κ2) is 3.83. The molecule has 0 saturated heterocycles. The van der Waals surface area contributed by atoms with E-state index in [1.165, 1.54) is 0 Å². The van der Waals surface area contributed by atoms with Crippen LogP contribution in [-0.2, 0) is 6.42 Å². The molecule has 0 bridgehead atoms. The highest BCUT2D eigenvalue weighted by molar-refractivity contribution is 5.07. The summed E-state index contributed by atoms with van der Waals surface area (Å²) in [6, 6.07) is 5.90. The third-order valence-electron chi connectivity index (χ3n) is 1.22. The Morgan fingerprint density at radius 3 is 3.00 bits per heavy atom. The molecule has 0 unspecified atom stereocenters. The lowest BCUT2D eigenvalue weighted by Crippen LogP contribution is -1.83. The van der Waals surface area contributed by atoms with Crippen LogP contribution in [0.5, 0.6) is 0 Å². The Morgan fingerprint density at radius 2 is 2.40 bits per heavy atom. The Labute approximate surface area is 61.4 Å². The first-order valence-electron chi connectivity index (χ1n) is 3.27. The summed E-state index contributed by atoms with van der Waals surface area (Å²) >= 11 is 0. The second-order valence-corrected chi connectivity index (χ2v) is 2.00. The normalized spacial score (nSPS) is 10.5. The smallest absolute Gasteiger partial charge is 0.0441 e. The van der Waals surface area contributed by atoms with Crippen LogP contribution in [0.15, 0.2) is 36.5 Å². The monoisotopic (exact) mass is 132 g/mol. The van der Waals surface area contributed by atoms with Gasteiger partial charge in [0.25, 0.3) is 0 Å². The molecule has 1 rings (SSSR count). The maximum Gasteiger partial charge on any atom is 0.0441 e. The molecule has 1 heterocycles. The van der Waals surface area contributed by atoms with E-state index in [4.69, 9.17) is 0 Å². The predicted octanol–water partition coefficient (Wildman–Crippen LogP) is 2.01. The van der Waals surface area contributed by atoms with E-state index in [0.717, 1.165) is 12.1 Å². The average Bonchev–Trinajstić information content (AvgIpc) is 2.03. The van der Waals surface area contributed by atoms with Crippen LogP contribution in [0, 0.1) is 6.92 Å². The zero-order valence-electron chi connectivity index (χ0n) is 5.83. The summed E-state index contributed by atoms with van der Waals surface area (Å²) in [7, 11) is 0. The van der Waals surface area contributed by atoms with Gasteiger partial charge in [-0.1, -0.05) is 18.2 Å². The molecular formula is C9H10N. The molecule has 0 aliphatic heterocycles. The summed E-state index contributed by atoms with van der Waals surface area (Å²) in [6.07, 6.45) is 6.45. The topological polar surface area (TPSA) is 12.9 Å². The summed E-state index contributed by atoms with van der Waals surface area (Å²) in [5, 5.41) is 0. The second-order valence-electron chi connectivity index (χ2n) is 2.00. The Kier molecular flexibility index (Phi) is 2.68. The van der Waals surface area contributed by atoms with Gasteiger partial charge < -0.3 is 0 Å². The molecule has 0 amide bonds. The minimum atomic E-state index is 0.879. The van der Waals surface area contributed by atoms with Crippen LogP contribution in [0.25, 0.3) is 0 Å². The molecule has 1 nitrogen and oxygen atoms in total. The Hall–Kier alpha value is -1.11. The quantitative estimate of drug-likeness (QED) is 0.600. The largest absolute Gasteiger partial charge is 0.261 e. The molecule has 0 aromatic carbocycles. The summed E-state index contributed by atoms with van der Waals surface area (Å²) in [5.41, 5.74) is 1.09. The molecule has 1 aromatic heterocycles. The van der Waals surface area contributed by atoms with Gasteiger partial charge >= 0.3 is 0 Å². The van der Waals surface area contributed by atoms with E-state index in [1.54, 1.807) is 12.3 Å². The van der Waals surface area contributed by atoms with E-state index in [-0.39, 0.29) is 0 Å². The van der Waals surface area contributed by atoms with Gasteiger partial charge in [0.15, 0.2) is 0 Å². The van der Waals surface area contributed by atoms with E-state index < -0.39 is 0 Å². The van der Waals surface area contributed by atoms with Crippen molar-refractivity contribution in [2.45, 2.75) is 6.42 Å². The van der Waals surface area contributed by atoms with Crippen LogP contribution < -0.4 is 0 Å². The van der Waals surface area contributed by atoms with E-state index >= 15 is 0 Å². The van der Waals surface area contributed by atoms with Crippen LogP contribution in [0.1, 0.15) is 5.69 Å². The summed E-state index contributed by atoms with van der Waals surface area (Å²) in [6.45, 7) is 3.59. The van der Waals surface area contributed by atoms with E-state index in [1.807, 2.05) is 24.3 Å². The maximum atomic E-state index is 4.14. The lowest BCUT2D eigenvalue weighted by Gasteiger charge is -1.91. The molecule has 1 radical (unpaired) electrons. The highest BCUT2D eigenvalue weighted by atomic mass is 14.7. The molecule has 0 saturated carbocycles. The van der Waals surface area contributed by atoms with Crippen molar-refractivity contribution in [1.29, 1.82) is 0 Å². The third-order valence-corrected chi connectivity index (χ3v) is 1.22. The fourth-order valence-electron chi connectivity index (χ4n) is 0.723. The van der Waals surface area contributed by atoms with Crippen molar-refractivity contribution < 1.29 is 0 Å². The molecule has 0 spiro atoms. The standard InChI is InChI=1S/C9H10N/c1-2-3-6-9-7-4-5-8-10-9/h2-5,7-8H,1,6H2. The Balaban J connectivity index is 2.59. The van der Waals surface area contributed by atoms with Gasteiger partial charge in [-0.05, 0) is 19.1 Å². The Bertz CT molecular complexity index is 201. The van der Waals surface area contributed by atoms with Crippen molar-refractivity contribution in [3.8, 4) is 0 Å². The van der Waals surface area contributed by atoms with Gasteiger partial charge in [0.05, 0.1) is 0 Å². The third kappa shape index (κ3) is 2.02. The van der Waals surface area contributed by atoms with Crippen molar-refractivity contribution in [2.75, 3.05) is 0 Å². The highest BCUT2D eigenvalue weighted by Gasteiger charge is 1.84. The summed E-state index contributed by atoms with van der Waals surface area (Å²) in [4.78, 5) is 4.14. The maximum absolute atomic E-state index is 4.14. The summed E-state index contributed by atoms with van der Waals surface area (Å²) < 4.78 is 0. The zero-order valence-corrected chi connectivity index (χ0v) is 5.83. The van der Waals surface area contributed by atoms with Crippen LogP contribution in [0.2, 0.25) is 0 Å². The molecular weight excluding hydrogens is 122 g/mol. The summed E-state index contributed by atoms with van der Waals surface area (Å²) in [5.74, 6) is 0. The van der Waals surface area contributed by atoms with Gasteiger partial charge in [-0.25, -0.2) is 0 Å². The lowest BCUT2D eigenvalue weighted by atomic mass is 10.2. The molecule has 0 N–H and O–H groups in total. The fraction of sp³-hybridized carbons (Fsp3) is 0.111. The molecule has 0 aliphatic carbocycles. The van der Waals surface area contributed by atoms with Crippen molar-refractivity contribution in [3.63, 3.8) is 0 Å². The SMILES string of the molecule is [CH2]C=CCc1ccccn1. The van der Waals surface area contributed by atoms with Crippen molar-refractivity contribution in [3.05, 3.63) is 49.2 Å². The average molecular weight is 132 g/mol. The van der Waals surface area contributed by atoms with Gasteiger partial charge in [-0.3, -0.25) is 4.98 Å². The van der Waals surface area contributed by atoms with Crippen LogP contribution in [0.3, 0.4) is 0 Å². The van der Waals surface area contributed by atoms with E-state index in [2.05, 4.69) is 11.9 Å². The number of aromatic nitrogens is 1. The molecule has 0 fully saturated rings. The van der Waals surface area contributed by atoms with E-state index in [9.17, 15) is 0 Å². The van der Waals surface area contributed by atoms with Crippen LogP contribution in [0.4, 0.5) is 0 Å². The van der Waals surface area contributed by atoms with Gasteiger partial charge in [0.1, 0.15) is 0 Å². The molecule has 1 aromatic rings. The van der Waals surface area contributed by atoms with Gasteiger partial charge in [0, 0.05) is 18.3 Å². The van der Waals surface area contributed by atoms with Crippen LogP contribution in [-0.4, -0.2) is 4.98 Å². The number of nitrogens with zero attached hydrogens (tertiary/aromatic N) is 1. The minimum Gasteiger partial charge on any atom is -0.261 e. The fourth-order valence-corrected chi connectivity index (χ4v) is 0.723. The number of allylic oxidation sites excluding steroid dienone is 2. The van der Waals surface area contributed by atoms with Crippen molar-refractivity contribution >= 4 is 0 Å². The lowest BCUT2D eigenvalue weighted by molar-refractivity contribution is 1.11. The number of rotatable bonds is 2. The molecule has 10 heavy (non-hydrogen) atoms. The molecule has 51 valence electrons. The van der Waals surface area contributed by atoms with Crippen molar-refractivity contribution in [2.24, 2.45) is 0 Å². The minimum absolute atomic E-state index is 0.879. The predicted molar refractivity (Wildman–Crippen MR) is 42.4 cm³/mol. The molecule has 0 atom stereocenters. The number of hydrogen-bond donors (Lipinski definition) is 0. The number of hydrogen-bond acceptors (Lipinski definition) is 1. The van der Waals surface area contributed by atoms with Crippen LogP contribution >= 0.6 is 0 Å². The highest BCUT2D eigenvalue weighted by Crippen LogP contribution is 1.94. The van der Waals surface area contributed by atoms with Crippen molar-refractivity contribution in [1.82, 2.24) is 4.98 Å². The molecule has 0 aliphatic rings. The molecule has 1 heteroatoms. The first-order chi connectivity index (χ1) is 4.93. The first kappa shape index (κ1) is 7.00. The Morgan fingerprint density at radius 1 is 1.50 bits per heavy atom. The number of pyridine rings is 1. The van der Waals surface area contributed by atoms with E-state index in [0.29, 0.717) is 0 Å². The van der Waals surface area contributed by atoms with Gasteiger partial charge in [0.2, 0.25) is 0 Å². The first-order valence-corrected chi connectivity index (χ1v) is 3.27.